The number of halogens is 3. The highest BCUT2D eigenvalue weighted by Crippen LogP contribution is 2.26. The summed E-state index contributed by atoms with van der Waals surface area (Å²) in [5, 5.41) is 0. The normalized spacial score (nSPS) is 12.8. The predicted molar refractivity (Wildman–Crippen MR) is 50.6 cm³/mol. The second kappa shape index (κ2) is 4.66. The van der Waals surface area contributed by atoms with E-state index in [-0.39, 0.29) is 6.61 Å². The van der Waals surface area contributed by atoms with Crippen molar-refractivity contribution in [2.24, 2.45) is 5.90 Å². The van der Waals surface area contributed by atoms with Crippen molar-refractivity contribution in [1.29, 1.82) is 0 Å². The molecule has 0 aliphatic rings. The summed E-state index contributed by atoms with van der Waals surface area (Å²) in [5.74, 6) is 4.15. The van der Waals surface area contributed by atoms with E-state index in [9.17, 15) is 4.79 Å². The third-order valence-electron chi connectivity index (χ3n) is 1.15. The lowest BCUT2D eigenvalue weighted by Gasteiger charge is -2.21. The number of ether oxygens (including phenoxy) is 1. The number of alkyl halides is 3. The van der Waals surface area contributed by atoms with Crippen LogP contribution in [-0.4, -0.2) is 22.0 Å². The van der Waals surface area contributed by atoms with Gasteiger partial charge in [-0.3, -0.25) is 4.84 Å². The topological polar surface area (TPSA) is 61.5 Å². The van der Waals surface area contributed by atoms with Gasteiger partial charge in [0.25, 0.3) is 0 Å². The monoisotopic (exact) mass is 249 g/mol. The van der Waals surface area contributed by atoms with Gasteiger partial charge in [-0.1, -0.05) is 34.8 Å². The lowest BCUT2D eigenvalue weighted by molar-refractivity contribution is -0.168. The van der Waals surface area contributed by atoms with E-state index in [2.05, 4.69) is 9.57 Å². The molecule has 0 rings (SSSR count). The van der Waals surface area contributed by atoms with Crippen molar-refractivity contribution in [3.63, 3.8) is 0 Å². The highest BCUT2D eigenvalue weighted by Gasteiger charge is 2.32. The molecule has 0 amide bonds. The van der Waals surface area contributed by atoms with Crippen molar-refractivity contribution in [3.05, 3.63) is 0 Å². The second-order valence-electron chi connectivity index (χ2n) is 2.82. The molecule has 0 unspecified atom stereocenters. The number of esters is 1. The zero-order valence-corrected chi connectivity index (χ0v) is 9.41. The molecule has 7 heteroatoms. The lowest BCUT2D eigenvalue weighted by atomic mass is 10.1. The van der Waals surface area contributed by atoms with Gasteiger partial charge in [0.2, 0.25) is 3.79 Å². The van der Waals surface area contributed by atoms with Crippen LogP contribution in [0.4, 0.5) is 0 Å². The number of nitrogens with two attached hydrogens (primary N) is 1. The van der Waals surface area contributed by atoms with E-state index in [1.165, 1.54) is 13.8 Å². The Morgan fingerprint density at radius 3 is 2.15 bits per heavy atom. The van der Waals surface area contributed by atoms with Crippen LogP contribution in [0.3, 0.4) is 0 Å². The molecule has 0 aromatic rings. The maximum absolute atomic E-state index is 11.1. The van der Waals surface area contributed by atoms with Gasteiger partial charge >= 0.3 is 5.97 Å². The summed E-state index contributed by atoms with van der Waals surface area (Å²) < 4.78 is 3.00. The quantitative estimate of drug-likeness (QED) is 0.469. The summed E-state index contributed by atoms with van der Waals surface area (Å²) >= 11 is 16.1. The Kier molecular flexibility index (Phi) is 4.76. The van der Waals surface area contributed by atoms with Crippen LogP contribution in [0, 0.1) is 0 Å². The third-order valence-corrected chi connectivity index (χ3v) is 1.48. The molecule has 0 saturated heterocycles. The zero-order valence-electron chi connectivity index (χ0n) is 7.14. The van der Waals surface area contributed by atoms with Crippen LogP contribution >= 0.6 is 34.8 Å². The first-order valence-corrected chi connectivity index (χ1v) is 4.44. The Bertz CT molecular complexity index is 190. The molecule has 0 heterocycles. The fourth-order valence-corrected chi connectivity index (χ4v) is 0.533. The minimum Gasteiger partial charge on any atom is -0.459 e. The number of rotatable bonds is 3. The maximum atomic E-state index is 11.1. The SMILES string of the molecule is CC(C)(ON)C(=O)OCC(Cl)(Cl)Cl. The van der Waals surface area contributed by atoms with Gasteiger partial charge in [-0.15, -0.1) is 0 Å². The van der Waals surface area contributed by atoms with E-state index in [1.807, 2.05) is 0 Å². The predicted octanol–water partition coefficient (Wildman–Crippen LogP) is 1.57. The average molecular weight is 251 g/mol. The van der Waals surface area contributed by atoms with Crippen LogP contribution in [0.5, 0.6) is 0 Å². The molecule has 2 N–H and O–H groups in total. The van der Waals surface area contributed by atoms with Gasteiger partial charge in [0.15, 0.2) is 5.60 Å². The number of carbonyl (C=O) groups is 1. The van der Waals surface area contributed by atoms with Crippen molar-refractivity contribution in [2.75, 3.05) is 6.61 Å². The summed E-state index contributed by atoms with van der Waals surface area (Å²) in [6.45, 7) is 2.53. The fourth-order valence-electron chi connectivity index (χ4n) is 0.369. The minimum atomic E-state index is -1.62. The van der Waals surface area contributed by atoms with Gasteiger partial charge in [-0.25, -0.2) is 10.7 Å². The van der Waals surface area contributed by atoms with Crippen molar-refractivity contribution in [2.45, 2.75) is 23.2 Å². The van der Waals surface area contributed by atoms with Crippen molar-refractivity contribution in [1.82, 2.24) is 0 Å². The summed E-state index contributed by atoms with van der Waals surface area (Å²) in [5.41, 5.74) is -1.24. The van der Waals surface area contributed by atoms with Crippen molar-refractivity contribution < 1.29 is 14.4 Å². The van der Waals surface area contributed by atoms with E-state index in [0.29, 0.717) is 0 Å². The molecule has 0 radical (unpaired) electrons. The molecule has 78 valence electrons. The minimum absolute atomic E-state index is 0.344. The lowest BCUT2D eigenvalue weighted by Crippen LogP contribution is -2.40. The van der Waals surface area contributed by atoms with Crippen LogP contribution in [-0.2, 0) is 14.4 Å². The summed E-state index contributed by atoms with van der Waals surface area (Å²) in [4.78, 5) is 15.5. The second-order valence-corrected chi connectivity index (χ2v) is 5.34. The first-order valence-electron chi connectivity index (χ1n) is 3.31. The number of hydrogen-bond acceptors (Lipinski definition) is 4. The summed E-state index contributed by atoms with van der Waals surface area (Å²) in [6, 6.07) is 0. The molecule has 0 aromatic heterocycles. The molecule has 0 bridgehead atoms. The first-order chi connectivity index (χ1) is 5.69. The summed E-state index contributed by atoms with van der Waals surface area (Å²) in [6.07, 6.45) is 0. The zero-order chi connectivity index (χ0) is 10.7. The van der Waals surface area contributed by atoms with E-state index in [0.717, 1.165) is 0 Å². The Balaban J connectivity index is 4.03. The molecule has 0 aliphatic carbocycles. The van der Waals surface area contributed by atoms with Crippen LogP contribution in [0.2, 0.25) is 0 Å². The van der Waals surface area contributed by atoms with Crippen molar-refractivity contribution in [3.8, 4) is 0 Å². The van der Waals surface area contributed by atoms with E-state index in [1.54, 1.807) is 0 Å². The molecule has 0 fully saturated rings. The van der Waals surface area contributed by atoms with Gasteiger partial charge in [0.05, 0.1) is 0 Å². The highest BCUT2D eigenvalue weighted by molar-refractivity contribution is 6.67. The third kappa shape index (κ3) is 5.54. The smallest absolute Gasteiger partial charge is 0.340 e. The standard InChI is InChI=1S/C6H10Cl3NO3/c1-5(2,13-10)4(11)12-3-6(7,8)9/h3,10H2,1-2H3. The highest BCUT2D eigenvalue weighted by atomic mass is 35.6. The average Bonchev–Trinajstić information content (AvgIpc) is 1.98. The van der Waals surface area contributed by atoms with Crippen LogP contribution in [0.15, 0.2) is 0 Å². The Morgan fingerprint density at radius 1 is 1.38 bits per heavy atom. The van der Waals surface area contributed by atoms with Gasteiger partial charge in [-0.05, 0) is 13.8 Å². The Labute approximate surface area is 91.2 Å². The molecule has 4 nitrogen and oxygen atoms in total. The molecule has 0 spiro atoms. The Morgan fingerprint density at radius 2 is 1.85 bits per heavy atom. The number of hydrogen-bond donors (Lipinski definition) is 1. The molecule has 0 aliphatic heterocycles. The first kappa shape index (κ1) is 13.3. The van der Waals surface area contributed by atoms with E-state index < -0.39 is 15.4 Å². The fraction of sp³-hybridized carbons (Fsp3) is 0.833. The van der Waals surface area contributed by atoms with Gasteiger partial charge < -0.3 is 4.74 Å². The molecule has 13 heavy (non-hydrogen) atoms. The molecule has 0 atom stereocenters. The van der Waals surface area contributed by atoms with E-state index in [4.69, 9.17) is 40.7 Å². The van der Waals surface area contributed by atoms with Crippen LogP contribution < -0.4 is 5.90 Å². The van der Waals surface area contributed by atoms with Crippen molar-refractivity contribution >= 4 is 40.8 Å². The van der Waals surface area contributed by atoms with E-state index >= 15 is 0 Å². The van der Waals surface area contributed by atoms with Crippen LogP contribution in [0.1, 0.15) is 13.8 Å². The molecule has 0 saturated carbocycles. The molecular weight excluding hydrogens is 240 g/mol. The Hall–Kier alpha value is 0.260. The van der Waals surface area contributed by atoms with Gasteiger partial charge in [0, 0.05) is 0 Å². The number of carbonyl (C=O) groups excluding carboxylic acids is 1. The van der Waals surface area contributed by atoms with Crippen LogP contribution in [0.25, 0.3) is 0 Å². The molecule has 0 aromatic carbocycles. The van der Waals surface area contributed by atoms with Gasteiger partial charge in [-0.2, -0.15) is 0 Å². The largest absolute Gasteiger partial charge is 0.459 e. The molecular formula is C6H10Cl3NO3. The maximum Gasteiger partial charge on any atom is 0.340 e. The van der Waals surface area contributed by atoms with Gasteiger partial charge in [0.1, 0.15) is 6.61 Å². The summed E-state index contributed by atoms with van der Waals surface area (Å²) in [7, 11) is 0.